The zero-order chi connectivity index (χ0) is 19.8. The molecule has 1 aromatic heterocycles. The number of carbonyl (C=O) groups is 2. The first kappa shape index (κ1) is 20.5. The smallest absolute Gasteiger partial charge is 0.407 e. The van der Waals surface area contributed by atoms with E-state index in [0.29, 0.717) is 11.4 Å². The van der Waals surface area contributed by atoms with Crippen molar-refractivity contribution < 1.29 is 24.2 Å². The lowest BCUT2D eigenvalue weighted by molar-refractivity contribution is 0.153. The van der Waals surface area contributed by atoms with Crippen molar-refractivity contribution in [2.24, 2.45) is 0 Å². The molecule has 4 N–H and O–H groups in total. The molecule has 11 heteroatoms. The van der Waals surface area contributed by atoms with Gasteiger partial charge in [-0.15, -0.1) is 0 Å². The SMILES string of the molecule is CN(Cc1nsc(NC(=O)NCc2cccc(F)c2)n1)C(=O)O.OC1CC1. The third-order valence-electron chi connectivity index (χ3n) is 3.28. The van der Waals surface area contributed by atoms with Crippen LogP contribution in [0.1, 0.15) is 24.2 Å². The van der Waals surface area contributed by atoms with Crippen LogP contribution in [0.3, 0.4) is 0 Å². The van der Waals surface area contributed by atoms with Gasteiger partial charge < -0.3 is 20.4 Å². The summed E-state index contributed by atoms with van der Waals surface area (Å²) in [7, 11) is 1.39. The number of nitrogens with zero attached hydrogens (tertiary/aromatic N) is 3. The summed E-state index contributed by atoms with van der Waals surface area (Å²) in [6.45, 7) is 0.190. The van der Waals surface area contributed by atoms with Crippen LogP contribution in [0.2, 0.25) is 0 Å². The Morgan fingerprint density at radius 1 is 1.41 bits per heavy atom. The molecule has 0 saturated heterocycles. The third kappa shape index (κ3) is 7.96. The molecule has 146 valence electrons. The quantitative estimate of drug-likeness (QED) is 0.613. The summed E-state index contributed by atoms with van der Waals surface area (Å²) in [5.41, 5.74) is 0.626. The summed E-state index contributed by atoms with van der Waals surface area (Å²) in [5, 5.41) is 22.2. The molecule has 2 aromatic rings. The molecule has 9 nitrogen and oxygen atoms in total. The fourth-order valence-electron chi connectivity index (χ4n) is 1.69. The highest BCUT2D eigenvalue weighted by Gasteiger charge is 2.15. The normalized spacial score (nSPS) is 12.6. The van der Waals surface area contributed by atoms with Gasteiger partial charge in [0.1, 0.15) is 5.82 Å². The van der Waals surface area contributed by atoms with E-state index in [1.165, 1.54) is 19.2 Å². The Hall–Kier alpha value is -2.79. The Kier molecular flexibility index (Phi) is 7.44. The van der Waals surface area contributed by atoms with Gasteiger partial charge in [0.05, 0.1) is 12.6 Å². The second kappa shape index (κ2) is 9.78. The maximum atomic E-state index is 13.0. The number of halogens is 1. The molecule has 0 atom stereocenters. The van der Waals surface area contributed by atoms with Gasteiger partial charge >= 0.3 is 12.1 Å². The first-order chi connectivity index (χ1) is 12.8. The predicted molar refractivity (Wildman–Crippen MR) is 96.9 cm³/mol. The first-order valence-electron chi connectivity index (χ1n) is 8.07. The van der Waals surface area contributed by atoms with Gasteiger partial charge in [-0.2, -0.15) is 4.37 Å². The molecule has 0 spiro atoms. The first-order valence-corrected chi connectivity index (χ1v) is 8.85. The van der Waals surface area contributed by atoms with Crippen LogP contribution < -0.4 is 10.6 Å². The summed E-state index contributed by atoms with van der Waals surface area (Å²) in [4.78, 5) is 27.5. The lowest BCUT2D eigenvalue weighted by atomic mass is 10.2. The van der Waals surface area contributed by atoms with E-state index in [-0.39, 0.29) is 30.1 Å². The van der Waals surface area contributed by atoms with Gasteiger partial charge in [-0.3, -0.25) is 5.32 Å². The molecule has 0 unspecified atom stereocenters. The van der Waals surface area contributed by atoms with Crippen LogP contribution in [-0.4, -0.2) is 49.7 Å². The van der Waals surface area contributed by atoms with E-state index in [0.717, 1.165) is 29.3 Å². The number of carboxylic acid groups (broad SMARTS) is 1. The number of amides is 3. The van der Waals surface area contributed by atoms with Crippen molar-refractivity contribution in [1.29, 1.82) is 0 Å². The second-order valence-electron chi connectivity index (χ2n) is 5.82. The van der Waals surface area contributed by atoms with Gasteiger partial charge in [0.25, 0.3) is 0 Å². The zero-order valence-corrected chi connectivity index (χ0v) is 15.4. The van der Waals surface area contributed by atoms with E-state index in [1.54, 1.807) is 12.1 Å². The van der Waals surface area contributed by atoms with Gasteiger partial charge in [-0.1, -0.05) is 12.1 Å². The van der Waals surface area contributed by atoms with E-state index >= 15 is 0 Å². The Labute approximate surface area is 159 Å². The van der Waals surface area contributed by atoms with Crippen LogP contribution in [0.15, 0.2) is 24.3 Å². The maximum Gasteiger partial charge on any atom is 0.407 e. The molecular formula is C16H20FN5O4S. The maximum absolute atomic E-state index is 13.0. The van der Waals surface area contributed by atoms with Gasteiger partial charge in [0.15, 0.2) is 5.82 Å². The van der Waals surface area contributed by atoms with Gasteiger partial charge in [-0.05, 0) is 30.5 Å². The standard InChI is InChI=1S/C13H14FN5O3S.C3H6O/c1-19(13(21)22)7-10-16-12(23-18-10)17-11(20)15-6-8-3-2-4-9(14)5-8;4-3-1-2-3/h2-5H,6-7H2,1H3,(H,21,22)(H2,15,16,17,18,20);3-4H,1-2H2. The Balaban J connectivity index is 0.000000576. The zero-order valence-electron chi connectivity index (χ0n) is 14.6. The van der Waals surface area contributed by atoms with Crippen molar-refractivity contribution >= 4 is 28.8 Å². The fraction of sp³-hybridized carbons (Fsp3) is 0.375. The van der Waals surface area contributed by atoms with Crippen molar-refractivity contribution in [3.63, 3.8) is 0 Å². The number of urea groups is 1. The molecule has 0 bridgehead atoms. The molecule has 3 amide bonds. The summed E-state index contributed by atoms with van der Waals surface area (Å²) < 4.78 is 17.0. The number of aliphatic hydroxyl groups excluding tert-OH is 1. The Morgan fingerprint density at radius 3 is 2.70 bits per heavy atom. The highest BCUT2D eigenvalue weighted by atomic mass is 32.1. The van der Waals surface area contributed by atoms with Crippen molar-refractivity contribution in [3.05, 3.63) is 41.5 Å². The summed E-state index contributed by atoms with van der Waals surface area (Å²) in [5.74, 6) is -0.0821. The lowest BCUT2D eigenvalue weighted by Gasteiger charge is -2.09. The molecule has 0 aliphatic heterocycles. The minimum absolute atomic E-state index is 0.0262. The van der Waals surface area contributed by atoms with Crippen molar-refractivity contribution in [2.75, 3.05) is 12.4 Å². The molecule has 27 heavy (non-hydrogen) atoms. The molecule has 3 rings (SSSR count). The molecular weight excluding hydrogens is 377 g/mol. The molecule has 0 radical (unpaired) electrons. The highest BCUT2D eigenvalue weighted by Crippen LogP contribution is 2.17. The number of carbonyl (C=O) groups excluding carboxylic acids is 1. The highest BCUT2D eigenvalue weighted by molar-refractivity contribution is 7.09. The van der Waals surface area contributed by atoms with Gasteiger partial charge in [0, 0.05) is 25.1 Å². The van der Waals surface area contributed by atoms with E-state index in [1.807, 2.05) is 0 Å². The molecule has 1 saturated carbocycles. The van der Waals surface area contributed by atoms with E-state index in [2.05, 4.69) is 20.0 Å². The fourth-order valence-corrected chi connectivity index (χ4v) is 2.27. The lowest BCUT2D eigenvalue weighted by Crippen LogP contribution is -2.28. The van der Waals surface area contributed by atoms with E-state index in [4.69, 9.17) is 10.2 Å². The third-order valence-corrected chi connectivity index (χ3v) is 3.95. The number of hydrogen-bond donors (Lipinski definition) is 4. The van der Waals surface area contributed by atoms with Crippen molar-refractivity contribution in [2.45, 2.75) is 32.0 Å². The van der Waals surface area contributed by atoms with Crippen LogP contribution in [-0.2, 0) is 13.1 Å². The molecule has 1 aliphatic rings. The topological polar surface area (TPSA) is 128 Å². The van der Waals surface area contributed by atoms with Gasteiger partial charge in [0.2, 0.25) is 5.13 Å². The number of aliphatic hydroxyl groups is 1. The van der Waals surface area contributed by atoms with Crippen molar-refractivity contribution in [3.8, 4) is 0 Å². The molecule has 1 aromatic carbocycles. The van der Waals surface area contributed by atoms with E-state index < -0.39 is 12.1 Å². The average Bonchev–Trinajstić information content (AvgIpc) is 3.28. The minimum atomic E-state index is -1.10. The number of aromatic nitrogens is 2. The average molecular weight is 397 g/mol. The number of anilines is 1. The van der Waals surface area contributed by atoms with Crippen LogP contribution in [0.4, 0.5) is 19.1 Å². The summed E-state index contributed by atoms with van der Waals surface area (Å²) in [6.07, 6.45) is 1.07. The number of rotatable bonds is 5. The number of benzene rings is 1. The monoisotopic (exact) mass is 397 g/mol. The largest absolute Gasteiger partial charge is 0.465 e. The Morgan fingerprint density at radius 2 is 2.11 bits per heavy atom. The Bertz CT molecular complexity index is 784. The number of hydrogen-bond acceptors (Lipinski definition) is 6. The molecule has 1 fully saturated rings. The summed E-state index contributed by atoms with van der Waals surface area (Å²) >= 11 is 0.943. The van der Waals surface area contributed by atoms with E-state index in [9.17, 15) is 14.0 Å². The van der Waals surface area contributed by atoms with Crippen LogP contribution >= 0.6 is 11.5 Å². The van der Waals surface area contributed by atoms with Crippen LogP contribution in [0, 0.1) is 5.82 Å². The molecule has 1 heterocycles. The minimum Gasteiger partial charge on any atom is -0.465 e. The number of nitrogens with one attached hydrogen (secondary N) is 2. The summed E-state index contributed by atoms with van der Waals surface area (Å²) in [6, 6.07) is 5.38. The van der Waals surface area contributed by atoms with Gasteiger partial charge in [-0.25, -0.2) is 19.0 Å². The van der Waals surface area contributed by atoms with Crippen LogP contribution in [0.25, 0.3) is 0 Å². The van der Waals surface area contributed by atoms with Crippen LogP contribution in [0.5, 0.6) is 0 Å². The second-order valence-corrected chi connectivity index (χ2v) is 6.58. The molecule has 1 aliphatic carbocycles. The van der Waals surface area contributed by atoms with Crippen molar-refractivity contribution in [1.82, 2.24) is 19.6 Å². The predicted octanol–water partition coefficient (Wildman–Crippen LogP) is 2.25.